The van der Waals surface area contributed by atoms with Gasteiger partial charge in [-0.3, -0.25) is 0 Å². The topological polar surface area (TPSA) is 75.5 Å². The van der Waals surface area contributed by atoms with Gasteiger partial charge < -0.3 is 14.7 Å². The highest BCUT2D eigenvalue weighted by Gasteiger charge is 2.33. The van der Waals surface area contributed by atoms with Crippen LogP contribution in [0.25, 0.3) is 0 Å². The summed E-state index contributed by atoms with van der Waals surface area (Å²) in [6.45, 7) is 6.66. The van der Waals surface area contributed by atoms with Crippen LogP contribution in [0.15, 0.2) is 12.4 Å². The fourth-order valence-electron chi connectivity index (χ4n) is 2.71. The molecule has 0 bridgehead atoms. The highest BCUT2D eigenvalue weighted by atomic mass is 16.5. The van der Waals surface area contributed by atoms with Crippen LogP contribution in [0.5, 0.6) is 5.88 Å². The van der Waals surface area contributed by atoms with E-state index in [-0.39, 0.29) is 6.10 Å². The summed E-state index contributed by atoms with van der Waals surface area (Å²) in [6, 6.07) is 1.20. The number of hydrogen-bond acceptors (Lipinski definition) is 5. The molecule has 0 spiro atoms. The molecular weight excluding hydrogens is 270 g/mol. The van der Waals surface area contributed by atoms with Gasteiger partial charge in [0.1, 0.15) is 18.2 Å². The zero-order valence-corrected chi connectivity index (χ0v) is 12.8. The lowest BCUT2D eigenvalue weighted by atomic mass is 9.89. The molecule has 2 rings (SSSR count). The number of carbonyl (C=O) groups is 1. The molecule has 0 aromatic carbocycles. The summed E-state index contributed by atoms with van der Waals surface area (Å²) in [5.41, 5.74) is 0. The molecule has 0 amide bonds. The number of piperidine rings is 1. The molecular formula is C15H23N3O3. The molecule has 1 aromatic heterocycles. The summed E-state index contributed by atoms with van der Waals surface area (Å²) < 4.78 is 5.56. The van der Waals surface area contributed by atoms with E-state index in [1.165, 1.54) is 6.33 Å². The molecule has 1 aliphatic heterocycles. The third-order valence-electron chi connectivity index (χ3n) is 3.85. The predicted octanol–water partition coefficient (Wildman–Crippen LogP) is 2.34. The number of ether oxygens (including phenoxy) is 1. The van der Waals surface area contributed by atoms with Crippen LogP contribution in [-0.2, 0) is 4.79 Å². The number of nitrogens with zero attached hydrogens (tertiary/aromatic N) is 3. The van der Waals surface area contributed by atoms with Crippen LogP contribution in [0.4, 0.5) is 5.82 Å². The van der Waals surface area contributed by atoms with Crippen LogP contribution in [0.2, 0.25) is 0 Å². The number of carboxylic acid groups (broad SMARTS) is 1. The Bertz CT molecular complexity index is 493. The van der Waals surface area contributed by atoms with Crippen LogP contribution in [0.3, 0.4) is 0 Å². The number of rotatable bonds is 5. The van der Waals surface area contributed by atoms with Gasteiger partial charge in [0.2, 0.25) is 5.88 Å². The maximum Gasteiger partial charge on any atom is 0.326 e. The SMILES string of the molecule is CCC1CCN(c2cc(OC(C)C)ncn2)C(C(=O)O)C1. The fourth-order valence-corrected chi connectivity index (χ4v) is 2.71. The van der Waals surface area contributed by atoms with Crippen LogP contribution in [0.1, 0.15) is 40.0 Å². The Kier molecular flexibility index (Phi) is 4.98. The minimum Gasteiger partial charge on any atom is -0.480 e. The van der Waals surface area contributed by atoms with E-state index in [1.54, 1.807) is 6.07 Å². The van der Waals surface area contributed by atoms with E-state index in [0.29, 0.717) is 30.6 Å². The molecule has 2 heterocycles. The van der Waals surface area contributed by atoms with Crippen LogP contribution in [-0.4, -0.2) is 39.7 Å². The Hall–Kier alpha value is -1.85. The van der Waals surface area contributed by atoms with E-state index in [2.05, 4.69) is 16.9 Å². The van der Waals surface area contributed by atoms with Crippen molar-refractivity contribution in [2.24, 2.45) is 5.92 Å². The largest absolute Gasteiger partial charge is 0.480 e. The summed E-state index contributed by atoms with van der Waals surface area (Å²) in [4.78, 5) is 21.7. The number of aliphatic carboxylic acids is 1. The van der Waals surface area contributed by atoms with Gasteiger partial charge in [0, 0.05) is 12.6 Å². The van der Waals surface area contributed by atoms with E-state index in [0.717, 1.165) is 12.8 Å². The second-order valence-corrected chi connectivity index (χ2v) is 5.73. The number of hydrogen-bond donors (Lipinski definition) is 1. The molecule has 1 aromatic rings. The van der Waals surface area contributed by atoms with E-state index in [4.69, 9.17) is 4.74 Å². The van der Waals surface area contributed by atoms with Crippen molar-refractivity contribution in [2.45, 2.75) is 52.2 Å². The minimum atomic E-state index is -0.793. The van der Waals surface area contributed by atoms with Crippen molar-refractivity contribution >= 4 is 11.8 Å². The molecule has 2 unspecified atom stereocenters. The van der Waals surface area contributed by atoms with Crippen LogP contribution < -0.4 is 9.64 Å². The number of aromatic nitrogens is 2. The molecule has 1 aliphatic rings. The Labute approximate surface area is 125 Å². The number of anilines is 1. The second-order valence-electron chi connectivity index (χ2n) is 5.73. The van der Waals surface area contributed by atoms with E-state index in [9.17, 15) is 9.90 Å². The van der Waals surface area contributed by atoms with Crippen molar-refractivity contribution in [3.63, 3.8) is 0 Å². The molecule has 0 aliphatic carbocycles. The lowest BCUT2D eigenvalue weighted by Gasteiger charge is -2.37. The maximum absolute atomic E-state index is 11.5. The predicted molar refractivity (Wildman–Crippen MR) is 79.6 cm³/mol. The Morgan fingerprint density at radius 3 is 2.90 bits per heavy atom. The smallest absolute Gasteiger partial charge is 0.326 e. The zero-order chi connectivity index (χ0) is 15.4. The van der Waals surface area contributed by atoms with E-state index >= 15 is 0 Å². The van der Waals surface area contributed by atoms with Gasteiger partial charge in [0.15, 0.2) is 0 Å². The van der Waals surface area contributed by atoms with Gasteiger partial charge in [-0.15, -0.1) is 0 Å². The maximum atomic E-state index is 11.5. The van der Waals surface area contributed by atoms with Crippen molar-refractivity contribution in [1.82, 2.24) is 9.97 Å². The quantitative estimate of drug-likeness (QED) is 0.898. The molecule has 1 N–H and O–H groups in total. The summed E-state index contributed by atoms with van der Waals surface area (Å²) in [7, 11) is 0. The van der Waals surface area contributed by atoms with Gasteiger partial charge in [0.05, 0.1) is 6.10 Å². The van der Waals surface area contributed by atoms with Gasteiger partial charge in [-0.25, -0.2) is 14.8 Å². The highest BCUT2D eigenvalue weighted by Crippen LogP contribution is 2.29. The molecule has 0 saturated carbocycles. The standard InChI is InChI=1S/C15H23N3O3/c1-4-11-5-6-18(12(7-11)15(19)20)13-8-14(17-9-16-13)21-10(2)3/h8-12H,4-7H2,1-3H3,(H,19,20). The summed E-state index contributed by atoms with van der Waals surface area (Å²) >= 11 is 0. The first-order valence-corrected chi connectivity index (χ1v) is 7.49. The van der Waals surface area contributed by atoms with E-state index in [1.807, 2.05) is 18.7 Å². The zero-order valence-electron chi connectivity index (χ0n) is 12.8. The summed E-state index contributed by atoms with van der Waals surface area (Å²) in [5.74, 6) is 0.785. The highest BCUT2D eigenvalue weighted by molar-refractivity contribution is 5.78. The second kappa shape index (κ2) is 6.74. The van der Waals surface area contributed by atoms with Crippen molar-refractivity contribution in [3.8, 4) is 5.88 Å². The average molecular weight is 293 g/mol. The van der Waals surface area contributed by atoms with Crippen molar-refractivity contribution in [2.75, 3.05) is 11.4 Å². The lowest BCUT2D eigenvalue weighted by molar-refractivity contribution is -0.139. The first kappa shape index (κ1) is 15.5. The summed E-state index contributed by atoms with van der Waals surface area (Å²) in [6.07, 6.45) is 4.12. The normalized spacial score (nSPS) is 22.4. The molecule has 1 saturated heterocycles. The third-order valence-corrected chi connectivity index (χ3v) is 3.85. The first-order chi connectivity index (χ1) is 10.0. The molecule has 2 atom stereocenters. The van der Waals surface area contributed by atoms with Crippen molar-refractivity contribution in [1.29, 1.82) is 0 Å². The molecule has 0 radical (unpaired) electrons. The van der Waals surface area contributed by atoms with Gasteiger partial charge in [0.25, 0.3) is 0 Å². The Morgan fingerprint density at radius 2 is 2.29 bits per heavy atom. The van der Waals surface area contributed by atoms with Gasteiger partial charge in [-0.1, -0.05) is 13.3 Å². The van der Waals surface area contributed by atoms with E-state index < -0.39 is 12.0 Å². The third kappa shape index (κ3) is 3.83. The summed E-state index contributed by atoms with van der Waals surface area (Å²) in [5, 5.41) is 9.48. The van der Waals surface area contributed by atoms with Crippen molar-refractivity contribution < 1.29 is 14.6 Å². The minimum absolute atomic E-state index is 0.0221. The van der Waals surface area contributed by atoms with Crippen LogP contribution >= 0.6 is 0 Å². The molecule has 6 heteroatoms. The van der Waals surface area contributed by atoms with Crippen LogP contribution in [0, 0.1) is 5.92 Å². The van der Waals surface area contributed by atoms with Gasteiger partial charge >= 0.3 is 5.97 Å². The monoisotopic (exact) mass is 293 g/mol. The Balaban J connectivity index is 2.20. The molecule has 21 heavy (non-hydrogen) atoms. The van der Waals surface area contributed by atoms with Gasteiger partial charge in [-0.2, -0.15) is 0 Å². The van der Waals surface area contributed by atoms with Gasteiger partial charge in [-0.05, 0) is 32.6 Å². The molecule has 116 valence electrons. The molecule has 6 nitrogen and oxygen atoms in total. The number of carboxylic acids is 1. The van der Waals surface area contributed by atoms with Crippen molar-refractivity contribution in [3.05, 3.63) is 12.4 Å². The average Bonchev–Trinajstić information content (AvgIpc) is 2.46. The fraction of sp³-hybridized carbons (Fsp3) is 0.667. The first-order valence-electron chi connectivity index (χ1n) is 7.49. The Morgan fingerprint density at radius 1 is 1.52 bits per heavy atom. The molecule has 1 fully saturated rings. The lowest BCUT2D eigenvalue weighted by Crippen LogP contribution is -2.47.